The van der Waals surface area contributed by atoms with E-state index >= 15 is 0 Å². The summed E-state index contributed by atoms with van der Waals surface area (Å²) in [6.07, 6.45) is 0. The SMILES string of the molecule is COc1ccc(-c2nc3ccccc3c(=O)n2CCOCCOc2ccc(F)cc2)cc1. The van der Waals surface area contributed by atoms with E-state index in [0.29, 0.717) is 48.8 Å². The number of rotatable bonds is 9. The third kappa shape index (κ3) is 4.95. The van der Waals surface area contributed by atoms with Crippen LogP contribution in [0.3, 0.4) is 0 Å². The van der Waals surface area contributed by atoms with Gasteiger partial charge in [-0.2, -0.15) is 0 Å². The number of para-hydroxylation sites is 1. The minimum Gasteiger partial charge on any atom is -0.497 e. The molecular weight excluding hydrogens is 411 g/mol. The Kier molecular flexibility index (Phi) is 6.77. The zero-order valence-electron chi connectivity index (χ0n) is 17.7. The van der Waals surface area contributed by atoms with Crippen molar-refractivity contribution in [2.75, 3.05) is 26.9 Å². The van der Waals surface area contributed by atoms with Gasteiger partial charge in [0.05, 0.1) is 37.8 Å². The number of hydrogen-bond donors (Lipinski definition) is 0. The van der Waals surface area contributed by atoms with Crippen molar-refractivity contribution < 1.29 is 18.6 Å². The van der Waals surface area contributed by atoms with Crippen molar-refractivity contribution in [3.8, 4) is 22.9 Å². The quantitative estimate of drug-likeness (QED) is 0.368. The van der Waals surface area contributed by atoms with Gasteiger partial charge in [0.25, 0.3) is 5.56 Å². The Labute approximate surface area is 184 Å². The molecule has 4 rings (SSSR count). The van der Waals surface area contributed by atoms with Crippen LogP contribution in [0.2, 0.25) is 0 Å². The van der Waals surface area contributed by atoms with Gasteiger partial charge < -0.3 is 14.2 Å². The fourth-order valence-corrected chi connectivity index (χ4v) is 3.34. The molecule has 4 aromatic rings. The first kappa shape index (κ1) is 21.5. The number of methoxy groups -OCH3 is 1. The maximum Gasteiger partial charge on any atom is 0.261 e. The Morgan fingerprint density at radius 1 is 0.875 bits per heavy atom. The summed E-state index contributed by atoms with van der Waals surface area (Å²) in [5, 5.41) is 0.560. The van der Waals surface area contributed by atoms with Crippen LogP contribution in [0.1, 0.15) is 0 Å². The van der Waals surface area contributed by atoms with Crippen molar-refractivity contribution in [3.63, 3.8) is 0 Å². The zero-order valence-corrected chi connectivity index (χ0v) is 17.7. The second-order valence-corrected chi connectivity index (χ2v) is 7.05. The van der Waals surface area contributed by atoms with Crippen LogP contribution >= 0.6 is 0 Å². The Balaban J connectivity index is 1.47. The van der Waals surface area contributed by atoms with Gasteiger partial charge in [-0.05, 0) is 60.7 Å². The molecule has 7 heteroatoms. The fourth-order valence-electron chi connectivity index (χ4n) is 3.34. The normalized spacial score (nSPS) is 10.9. The summed E-state index contributed by atoms with van der Waals surface area (Å²) in [5.41, 5.74) is 1.34. The van der Waals surface area contributed by atoms with E-state index in [9.17, 15) is 9.18 Å². The highest BCUT2D eigenvalue weighted by Crippen LogP contribution is 2.22. The molecule has 0 bridgehead atoms. The number of halogens is 1. The van der Waals surface area contributed by atoms with E-state index in [0.717, 1.165) is 11.3 Å². The summed E-state index contributed by atoms with van der Waals surface area (Å²) in [6, 6.07) is 20.5. The lowest BCUT2D eigenvalue weighted by Gasteiger charge is -2.14. The summed E-state index contributed by atoms with van der Waals surface area (Å²) < 4.78 is 31.0. The third-order valence-corrected chi connectivity index (χ3v) is 4.98. The lowest BCUT2D eigenvalue weighted by Crippen LogP contribution is -2.26. The number of benzene rings is 3. The van der Waals surface area contributed by atoms with Crippen molar-refractivity contribution in [1.29, 1.82) is 0 Å². The number of ether oxygens (including phenoxy) is 3. The van der Waals surface area contributed by atoms with Crippen LogP contribution in [-0.2, 0) is 11.3 Å². The van der Waals surface area contributed by atoms with Crippen LogP contribution < -0.4 is 15.0 Å². The lowest BCUT2D eigenvalue weighted by molar-refractivity contribution is 0.0940. The van der Waals surface area contributed by atoms with Gasteiger partial charge in [-0.15, -0.1) is 0 Å². The smallest absolute Gasteiger partial charge is 0.261 e. The van der Waals surface area contributed by atoms with Crippen LogP contribution in [0.15, 0.2) is 77.6 Å². The molecule has 0 aliphatic rings. The second kappa shape index (κ2) is 10.1. The summed E-state index contributed by atoms with van der Waals surface area (Å²) >= 11 is 0. The molecule has 0 amide bonds. The van der Waals surface area contributed by atoms with Gasteiger partial charge in [-0.3, -0.25) is 9.36 Å². The molecule has 0 saturated heterocycles. The minimum atomic E-state index is -0.310. The highest BCUT2D eigenvalue weighted by Gasteiger charge is 2.13. The Bertz CT molecular complexity index is 1240. The zero-order chi connectivity index (χ0) is 22.3. The third-order valence-electron chi connectivity index (χ3n) is 4.98. The average molecular weight is 434 g/mol. The largest absolute Gasteiger partial charge is 0.497 e. The van der Waals surface area contributed by atoms with Crippen molar-refractivity contribution in [3.05, 3.63) is 89.0 Å². The predicted molar refractivity (Wildman–Crippen MR) is 121 cm³/mol. The summed E-state index contributed by atoms with van der Waals surface area (Å²) in [4.78, 5) is 17.9. The molecule has 1 heterocycles. The van der Waals surface area contributed by atoms with E-state index in [-0.39, 0.29) is 11.4 Å². The maximum absolute atomic E-state index is 13.2. The van der Waals surface area contributed by atoms with Crippen LogP contribution in [0.4, 0.5) is 4.39 Å². The molecule has 0 N–H and O–H groups in total. The molecule has 0 radical (unpaired) electrons. The Morgan fingerprint density at radius 2 is 1.59 bits per heavy atom. The lowest BCUT2D eigenvalue weighted by atomic mass is 10.1. The Morgan fingerprint density at radius 3 is 2.34 bits per heavy atom. The molecule has 164 valence electrons. The van der Waals surface area contributed by atoms with Gasteiger partial charge >= 0.3 is 0 Å². The molecule has 3 aromatic carbocycles. The van der Waals surface area contributed by atoms with E-state index < -0.39 is 0 Å². The number of fused-ring (bicyclic) bond motifs is 1. The van der Waals surface area contributed by atoms with E-state index in [1.54, 1.807) is 29.9 Å². The van der Waals surface area contributed by atoms with Gasteiger partial charge in [0.2, 0.25) is 0 Å². The minimum absolute atomic E-state index is 0.118. The standard InChI is InChI=1S/C25H23FN2O4/c1-30-20-10-6-18(7-11-20)24-27-23-5-3-2-4-22(23)25(29)28(24)14-15-31-16-17-32-21-12-8-19(26)9-13-21/h2-13H,14-17H2,1H3. The maximum atomic E-state index is 13.2. The van der Waals surface area contributed by atoms with E-state index in [1.807, 2.05) is 42.5 Å². The molecule has 0 unspecified atom stereocenters. The molecule has 0 atom stereocenters. The van der Waals surface area contributed by atoms with Gasteiger partial charge in [-0.1, -0.05) is 12.1 Å². The molecular formula is C25H23FN2O4. The van der Waals surface area contributed by atoms with Gasteiger partial charge in [0.1, 0.15) is 29.7 Å². The first-order chi connectivity index (χ1) is 15.7. The number of nitrogens with zero attached hydrogens (tertiary/aromatic N) is 2. The van der Waals surface area contributed by atoms with Gasteiger partial charge in [0, 0.05) is 5.56 Å². The summed E-state index contributed by atoms with van der Waals surface area (Å²) in [5.74, 6) is 1.57. The van der Waals surface area contributed by atoms with Crippen LogP contribution in [0, 0.1) is 5.82 Å². The predicted octanol–water partition coefficient (Wildman–Crippen LogP) is 4.31. The summed E-state index contributed by atoms with van der Waals surface area (Å²) in [7, 11) is 1.61. The van der Waals surface area contributed by atoms with Crippen molar-refractivity contribution in [1.82, 2.24) is 9.55 Å². The highest BCUT2D eigenvalue weighted by molar-refractivity contribution is 5.79. The molecule has 0 spiro atoms. The molecule has 0 fully saturated rings. The van der Waals surface area contributed by atoms with E-state index in [1.165, 1.54) is 12.1 Å². The topological polar surface area (TPSA) is 62.6 Å². The first-order valence-electron chi connectivity index (χ1n) is 10.3. The molecule has 32 heavy (non-hydrogen) atoms. The number of aromatic nitrogens is 2. The van der Waals surface area contributed by atoms with E-state index in [2.05, 4.69) is 0 Å². The molecule has 0 aliphatic heterocycles. The first-order valence-corrected chi connectivity index (χ1v) is 10.3. The van der Waals surface area contributed by atoms with Crippen LogP contribution in [-0.4, -0.2) is 36.5 Å². The molecule has 0 aliphatic carbocycles. The van der Waals surface area contributed by atoms with Gasteiger partial charge in [-0.25, -0.2) is 9.37 Å². The summed E-state index contributed by atoms with van der Waals surface area (Å²) in [6.45, 7) is 1.32. The average Bonchev–Trinajstić information content (AvgIpc) is 2.83. The van der Waals surface area contributed by atoms with Crippen molar-refractivity contribution in [2.24, 2.45) is 0 Å². The second-order valence-electron chi connectivity index (χ2n) is 7.05. The highest BCUT2D eigenvalue weighted by atomic mass is 19.1. The Hall–Kier alpha value is -3.71. The fraction of sp³-hybridized carbons (Fsp3) is 0.200. The monoisotopic (exact) mass is 434 g/mol. The van der Waals surface area contributed by atoms with Crippen molar-refractivity contribution >= 4 is 10.9 Å². The molecule has 0 saturated carbocycles. The van der Waals surface area contributed by atoms with Gasteiger partial charge in [0.15, 0.2) is 0 Å². The van der Waals surface area contributed by atoms with Crippen LogP contribution in [0.5, 0.6) is 11.5 Å². The number of hydrogen-bond acceptors (Lipinski definition) is 5. The molecule has 1 aromatic heterocycles. The van der Waals surface area contributed by atoms with Crippen LogP contribution in [0.25, 0.3) is 22.3 Å². The molecule has 6 nitrogen and oxygen atoms in total. The van der Waals surface area contributed by atoms with E-state index in [4.69, 9.17) is 19.2 Å². The van der Waals surface area contributed by atoms with Crippen molar-refractivity contribution in [2.45, 2.75) is 6.54 Å².